The second-order valence-corrected chi connectivity index (χ2v) is 7.08. The Labute approximate surface area is 158 Å². The Morgan fingerprint density at radius 3 is 2.44 bits per heavy atom. The number of ether oxygens (including phenoxy) is 2. The number of morpholine rings is 1. The highest BCUT2D eigenvalue weighted by Gasteiger charge is 2.22. The molecule has 1 fully saturated rings. The fourth-order valence-corrected chi connectivity index (χ4v) is 3.11. The van der Waals surface area contributed by atoms with Gasteiger partial charge in [-0.2, -0.15) is 5.10 Å². The van der Waals surface area contributed by atoms with Crippen LogP contribution in [0.25, 0.3) is 11.4 Å². The Hall–Kier alpha value is -2.06. The number of halogens is 2. The van der Waals surface area contributed by atoms with Crippen LogP contribution in [-0.2, 0) is 22.6 Å². The Morgan fingerprint density at radius 1 is 1.19 bits per heavy atom. The van der Waals surface area contributed by atoms with Crippen molar-refractivity contribution in [3.8, 4) is 11.4 Å². The fourth-order valence-electron chi connectivity index (χ4n) is 3.11. The number of methoxy groups -OCH3 is 1. The Balaban J connectivity index is 1.95. The average Bonchev–Trinajstić information content (AvgIpc) is 3.03. The maximum absolute atomic E-state index is 14.8. The summed E-state index contributed by atoms with van der Waals surface area (Å²) in [5, 5.41) is 4.43. The lowest BCUT2D eigenvalue weighted by molar-refractivity contribution is 0.122. The van der Waals surface area contributed by atoms with E-state index >= 15 is 0 Å². The molecule has 0 N–H and O–H groups in total. The van der Waals surface area contributed by atoms with Gasteiger partial charge in [0.15, 0.2) is 11.6 Å². The van der Waals surface area contributed by atoms with E-state index in [0.29, 0.717) is 56.0 Å². The van der Waals surface area contributed by atoms with E-state index < -0.39 is 11.6 Å². The molecule has 0 aliphatic carbocycles. The third-order valence-corrected chi connectivity index (χ3v) is 4.51. The van der Waals surface area contributed by atoms with E-state index in [9.17, 15) is 8.78 Å². The maximum atomic E-state index is 14.8. The highest BCUT2D eigenvalue weighted by molar-refractivity contribution is 5.62. The van der Waals surface area contributed by atoms with Gasteiger partial charge in [-0.15, -0.1) is 0 Å². The number of rotatable bonds is 7. The smallest absolute Gasteiger partial charge is 0.176 e. The van der Waals surface area contributed by atoms with Gasteiger partial charge >= 0.3 is 0 Å². The van der Waals surface area contributed by atoms with E-state index in [4.69, 9.17) is 9.47 Å². The zero-order valence-electron chi connectivity index (χ0n) is 16.0. The van der Waals surface area contributed by atoms with Crippen LogP contribution >= 0.6 is 0 Å². The fraction of sp³-hybridized carbons (Fsp3) is 0.579. The molecule has 0 amide bonds. The van der Waals surface area contributed by atoms with Crippen molar-refractivity contribution < 1.29 is 18.3 Å². The molecule has 1 aliphatic heterocycles. The minimum absolute atomic E-state index is 0.00703. The van der Waals surface area contributed by atoms with Crippen LogP contribution in [0, 0.1) is 17.6 Å². The van der Waals surface area contributed by atoms with E-state index in [1.165, 1.54) is 12.1 Å². The molecule has 6 nitrogen and oxygen atoms in total. The zero-order valence-corrected chi connectivity index (χ0v) is 16.0. The van der Waals surface area contributed by atoms with E-state index in [0.717, 1.165) is 6.42 Å². The molecule has 0 atom stereocenters. The highest BCUT2D eigenvalue weighted by Crippen LogP contribution is 2.30. The van der Waals surface area contributed by atoms with E-state index in [1.807, 2.05) is 0 Å². The largest absolute Gasteiger partial charge is 0.378 e. The Bertz CT molecular complexity index is 750. The summed E-state index contributed by atoms with van der Waals surface area (Å²) in [5.74, 6) is 0.227. The first-order valence-corrected chi connectivity index (χ1v) is 9.24. The van der Waals surface area contributed by atoms with Gasteiger partial charge in [0, 0.05) is 32.3 Å². The van der Waals surface area contributed by atoms with Crippen molar-refractivity contribution in [2.45, 2.75) is 33.4 Å². The normalized spacial score (nSPS) is 15.0. The van der Waals surface area contributed by atoms with Gasteiger partial charge in [0.25, 0.3) is 0 Å². The third-order valence-electron chi connectivity index (χ3n) is 4.51. The molecular weight excluding hydrogens is 354 g/mol. The van der Waals surface area contributed by atoms with Gasteiger partial charge in [0.05, 0.1) is 13.2 Å². The maximum Gasteiger partial charge on any atom is 0.176 e. The first-order chi connectivity index (χ1) is 13.0. The van der Waals surface area contributed by atoms with Crippen LogP contribution in [0.5, 0.6) is 0 Å². The van der Waals surface area contributed by atoms with Crippen LogP contribution in [0.3, 0.4) is 0 Å². The molecule has 0 saturated carbocycles. The first-order valence-electron chi connectivity index (χ1n) is 9.24. The molecule has 2 aromatic rings. The van der Waals surface area contributed by atoms with Gasteiger partial charge in [0.2, 0.25) is 0 Å². The van der Waals surface area contributed by atoms with Gasteiger partial charge in [0.1, 0.15) is 23.9 Å². The quantitative estimate of drug-likeness (QED) is 0.738. The van der Waals surface area contributed by atoms with Crippen molar-refractivity contribution in [3.05, 3.63) is 29.6 Å². The molecule has 1 aromatic heterocycles. The minimum Gasteiger partial charge on any atom is -0.378 e. The van der Waals surface area contributed by atoms with Gasteiger partial charge in [-0.25, -0.2) is 18.4 Å². The summed E-state index contributed by atoms with van der Waals surface area (Å²) < 4.78 is 41.6. The molecule has 0 bridgehead atoms. The summed E-state index contributed by atoms with van der Waals surface area (Å²) in [6, 6.07) is 2.67. The number of anilines is 1. The zero-order chi connectivity index (χ0) is 19.4. The summed E-state index contributed by atoms with van der Waals surface area (Å²) in [6.45, 7) is 6.96. The van der Waals surface area contributed by atoms with Crippen LogP contribution < -0.4 is 4.90 Å². The Morgan fingerprint density at radius 2 is 1.85 bits per heavy atom. The van der Waals surface area contributed by atoms with Crippen molar-refractivity contribution in [2.75, 3.05) is 38.3 Å². The topological polar surface area (TPSA) is 52.4 Å². The molecule has 0 unspecified atom stereocenters. The van der Waals surface area contributed by atoms with E-state index in [2.05, 4.69) is 23.9 Å². The van der Waals surface area contributed by atoms with Gasteiger partial charge in [-0.05, 0) is 24.5 Å². The number of nitrogens with zero attached hydrogens (tertiary/aromatic N) is 4. The summed E-state index contributed by atoms with van der Waals surface area (Å²) in [6.07, 6.45) is 0.888. The summed E-state index contributed by atoms with van der Waals surface area (Å²) in [7, 11) is 1.56. The van der Waals surface area contributed by atoms with Crippen molar-refractivity contribution in [1.82, 2.24) is 14.8 Å². The van der Waals surface area contributed by atoms with Crippen LogP contribution in [0.15, 0.2) is 12.1 Å². The number of hydrogen-bond donors (Lipinski definition) is 0. The number of aryl methyl sites for hydroxylation is 1. The minimum atomic E-state index is -0.599. The monoisotopic (exact) mass is 380 g/mol. The second-order valence-electron chi connectivity index (χ2n) is 7.08. The first kappa shape index (κ1) is 19.7. The second kappa shape index (κ2) is 8.75. The van der Waals surface area contributed by atoms with E-state index in [1.54, 1.807) is 16.7 Å². The predicted molar refractivity (Wildman–Crippen MR) is 98.6 cm³/mol. The molecule has 0 radical (unpaired) electrons. The standard InChI is InChI=1S/C19H26F2N4O2/c1-13(2)4-5-25-19(22-17(23-25)12-26-3)14-10-15(20)18(16(21)11-14)24-6-8-27-9-7-24/h10-11,13H,4-9,12H2,1-3H3. The molecule has 1 aromatic carbocycles. The van der Waals surface area contributed by atoms with Crippen LogP contribution in [0.4, 0.5) is 14.5 Å². The molecule has 2 heterocycles. The lowest BCUT2D eigenvalue weighted by Gasteiger charge is -2.29. The number of benzene rings is 1. The molecule has 1 aliphatic rings. The van der Waals surface area contributed by atoms with Crippen LogP contribution in [-0.4, -0.2) is 48.2 Å². The molecular formula is C19H26F2N4O2. The number of hydrogen-bond acceptors (Lipinski definition) is 5. The van der Waals surface area contributed by atoms with Crippen LogP contribution in [0.2, 0.25) is 0 Å². The molecule has 8 heteroatoms. The lowest BCUT2D eigenvalue weighted by atomic mass is 10.1. The van der Waals surface area contributed by atoms with E-state index in [-0.39, 0.29) is 12.3 Å². The van der Waals surface area contributed by atoms with Crippen molar-refractivity contribution >= 4 is 5.69 Å². The van der Waals surface area contributed by atoms with Gasteiger partial charge in [-0.1, -0.05) is 13.8 Å². The summed E-state index contributed by atoms with van der Waals surface area (Å²) in [4.78, 5) is 6.11. The molecule has 3 rings (SSSR count). The lowest BCUT2D eigenvalue weighted by Crippen LogP contribution is -2.37. The van der Waals surface area contributed by atoms with Gasteiger partial charge in [-0.3, -0.25) is 0 Å². The summed E-state index contributed by atoms with van der Waals surface area (Å²) >= 11 is 0. The molecule has 27 heavy (non-hydrogen) atoms. The molecule has 1 saturated heterocycles. The third kappa shape index (κ3) is 4.62. The van der Waals surface area contributed by atoms with Crippen LogP contribution in [0.1, 0.15) is 26.1 Å². The highest BCUT2D eigenvalue weighted by atomic mass is 19.1. The molecule has 0 spiro atoms. The average molecular weight is 380 g/mol. The van der Waals surface area contributed by atoms with Crippen molar-refractivity contribution in [1.29, 1.82) is 0 Å². The SMILES string of the molecule is COCc1nc(-c2cc(F)c(N3CCOCC3)c(F)c2)n(CCC(C)C)n1. The number of aromatic nitrogens is 3. The van der Waals surface area contributed by atoms with Crippen molar-refractivity contribution in [2.24, 2.45) is 5.92 Å². The molecule has 148 valence electrons. The van der Waals surface area contributed by atoms with Crippen molar-refractivity contribution in [3.63, 3.8) is 0 Å². The summed E-state index contributed by atoms with van der Waals surface area (Å²) in [5.41, 5.74) is 0.369. The predicted octanol–water partition coefficient (Wildman–Crippen LogP) is 3.25. The Kier molecular flexibility index (Phi) is 6.38. The van der Waals surface area contributed by atoms with Gasteiger partial charge < -0.3 is 14.4 Å².